The maximum atomic E-state index is 8.84. The minimum Gasteiger partial charge on any atom is -0.396 e. The van der Waals surface area contributed by atoms with Crippen LogP contribution >= 0.6 is 15.9 Å². The molecule has 0 aliphatic carbocycles. The molecule has 0 heterocycles. The van der Waals surface area contributed by atoms with Crippen molar-refractivity contribution in [3.8, 4) is 0 Å². The molecule has 87 valence electrons. The Kier molecular flexibility index (Phi) is 4.35. The molecule has 0 bridgehead atoms. The van der Waals surface area contributed by atoms with Crippen LogP contribution in [0.4, 0.5) is 0 Å². The van der Waals surface area contributed by atoms with Crippen molar-refractivity contribution in [3.05, 3.63) is 76.1 Å². The van der Waals surface area contributed by atoms with Crippen LogP contribution in [0, 0.1) is 6.42 Å². The Morgan fingerprint density at radius 2 is 1.41 bits per heavy atom. The van der Waals surface area contributed by atoms with Gasteiger partial charge in [0.25, 0.3) is 0 Å². The Balaban J connectivity index is 2.05. The van der Waals surface area contributed by atoms with E-state index in [1.807, 2.05) is 12.1 Å². The van der Waals surface area contributed by atoms with E-state index in [9.17, 15) is 0 Å². The van der Waals surface area contributed by atoms with E-state index in [2.05, 4.69) is 58.7 Å². The van der Waals surface area contributed by atoms with Crippen molar-refractivity contribution >= 4 is 15.9 Å². The summed E-state index contributed by atoms with van der Waals surface area (Å²) in [4.78, 5) is 0. The number of hydrogen-bond donors (Lipinski definition) is 1. The van der Waals surface area contributed by atoms with Crippen molar-refractivity contribution < 1.29 is 5.11 Å². The molecule has 0 amide bonds. The van der Waals surface area contributed by atoms with Gasteiger partial charge >= 0.3 is 0 Å². The van der Waals surface area contributed by atoms with E-state index in [1.54, 1.807) is 0 Å². The highest BCUT2D eigenvalue weighted by molar-refractivity contribution is 9.10. The molecule has 1 nitrogen and oxygen atoms in total. The molecule has 0 spiro atoms. The van der Waals surface area contributed by atoms with Crippen LogP contribution in [-0.4, -0.2) is 11.7 Å². The minimum atomic E-state index is 0.204. The van der Waals surface area contributed by atoms with Crippen LogP contribution in [0.3, 0.4) is 0 Å². The van der Waals surface area contributed by atoms with Crippen molar-refractivity contribution in [2.75, 3.05) is 6.61 Å². The van der Waals surface area contributed by atoms with Crippen LogP contribution in [0.25, 0.3) is 0 Å². The number of halogens is 1. The smallest absolute Gasteiger partial charge is 0.0471 e. The lowest BCUT2D eigenvalue weighted by atomic mass is 10.0. The molecule has 0 unspecified atom stereocenters. The Hall–Kier alpha value is -1.12. The van der Waals surface area contributed by atoms with Crippen LogP contribution in [0.2, 0.25) is 0 Å². The molecule has 17 heavy (non-hydrogen) atoms. The lowest BCUT2D eigenvalue weighted by Crippen LogP contribution is -1.91. The third-order valence-electron chi connectivity index (χ3n) is 2.58. The Labute approximate surface area is 110 Å². The summed E-state index contributed by atoms with van der Waals surface area (Å²) in [6.07, 6.45) is 2.85. The third kappa shape index (κ3) is 3.69. The van der Waals surface area contributed by atoms with E-state index in [0.29, 0.717) is 0 Å². The lowest BCUT2D eigenvalue weighted by Gasteiger charge is -2.03. The van der Waals surface area contributed by atoms with Gasteiger partial charge in [-0.1, -0.05) is 52.3 Å². The summed E-state index contributed by atoms with van der Waals surface area (Å²) in [5.41, 5.74) is 3.53. The van der Waals surface area contributed by atoms with E-state index in [1.165, 1.54) is 16.7 Å². The van der Waals surface area contributed by atoms with Crippen LogP contribution in [0.5, 0.6) is 0 Å². The summed E-state index contributed by atoms with van der Waals surface area (Å²) in [5.74, 6) is 0. The predicted octanol–water partition coefficient (Wildman–Crippen LogP) is 3.58. The predicted molar refractivity (Wildman–Crippen MR) is 73.9 cm³/mol. The van der Waals surface area contributed by atoms with E-state index in [-0.39, 0.29) is 6.61 Å². The standard InChI is InChI=1S/C15H14BrO/c16-15-7-5-14(6-8-15)11-13-3-1-12(2-4-13)9-10-17/h1-8,11,17H,9-10H2. The lowest BCUT2D eigenvalue weighted by molar-refractivity contribution is 0.299. The SMILES string of the molecule is OCCc1ccc([CH]c2ccc(Br)cc2)cc1. The zero-order chi connectivity index (χ0) is 12.1. The van der Waals surface area contributed by atoms with Gasteiger partial charge in [-0.2, -0.15) is 0 Å². The van der Waals surface area contributed by atoms with E-state index >= 15 is 0 Å². The van der Waals surface area contributed by atoms with Gasteiger partial charge in [0.15, 0.2) is 0 Å². The van der Waals surface area contributed by atoms with Crippen molar-refractivity contribution in [2.24, 2.45) is 0 Å². The number of aliphatic hydroxyl groups is 1. The Morgan fingerprint density at radius 1 is 0.882 bits per heavy atom. The first-order valence-corrected chi connectivity index (χ1v) is 6.37. The summed E-state index contributed by atoms with van der Waals surface area (Å²) >= 11 is 3.42. The zero-order valence-corrected chi connectivity index (χ0v) is 11.0. The normalized spacial score (nSPS) is 10.5. The maximum Gasteiger partial charge on any atom is 0.0471 e. The average Bonchev–Trinajstić information content (AvgIpc) is 2.35. The van der Waals surface area contributed by atoms with E-state index in [4.69, 9.17) is 5.11 Å². The van der Waals surface area contributed by atoms with Crippen molar-refractivity contribution in [1.82, 2.24) is 0 Å². The summed E-state index contributed by atoms with van der Waals surface area (Å²) in [5, 5.41) is 8.84. The van der Waals surface area contributed by atoms with Crippen LogP contribution < -0.4 is 0 Å². The van der Waals surface area contributed by atoms with Crippen molar-refractivity contribution in [1.29, 1.82) is 0 Å². The van der Waals surface area contributed by atoms with Crippen molar-refractivity contribution in [3.63, 3.8) is 0 Å². The fourth-order valence-electron chi connectivity index (χ4n) is 1.66. The van der Waals surface area contributed by atoms with Crippen LogP contribution in [-0.2, 0) is 6.42 Å². The number of benzene rings is 2. The summed E-state index contributed by atoms with van der Waals surface area (Å²) in [6.45, 7) is 0.204. The molecule has 2 rings (SSSR count). The Morgan fingerprint density at radius 3 is 1.94 bits per heavy atom. The van der Waals surface area contributed by atoms with Crippen LogP contribution in [0.15, 0.2) is 53.0 Å². The maximum absolute atomic E-state index is 8.84. The second-order valence-corrected chi connectivity index (χ2v) is 4.83. The molecule has 0 saturated carbocycles. The molecule has 0 atom stereocenters. The molecule has 0 aliphatic heterocycles. The molecule has 0 aliphatic rings. The highest BCUT2D eigenvalue weighted by Gasteiger charge is 1.98. The first kappa shape index (κ1) is 12.3. The molecule has 1 radical (unpaired) electrons. The first-order valence-electron chi connectivity index (χ1n) is 5.58. The third-order valence-corrected chi connectivity index (χ3v) is 3.11. The summed E-state index contributed by atoms with van der Waals surface area (Å²) in [6, 6.07) is 16.5. The molecular weight excluding hydrogens is 276 g/mol. The van der Waals surface area contributed by atoms with Gasteiger partial charge in [0, 0.05) is 17.5 Å². The largest absolute Gasteiger partial charge is 0.396 e. The summed E-state index contributed by atoms with van der Waals surface area (Å²) in [7, 11) is 0. The quantitative estimate of drug-likeness (QED) is 0.912. The minimum absolute atomic E-state index is 0.204. The second-order valence-electron chi connectivity index (χ2n) is 3.91. The van der Waals surface area contributed by atoms with E-state index < -0.39 is 0 Å². The van der Waals surface area contributed by atoms with Gasteiger partial charge in [0.05, 0.1) is 0 Å². The fraction of sp³-hybridized carbons (Fsp3) is 0.133. The molecule has 0 aromatic heterocycles. The molecular formula is C15H14BrO. The number of aliphatic hydroxyl groups excluding tert-OH is 1. The van der Waals surface area contributed by atoms with Gasteiger partial charge in [-0.25, -0.2) is 0 Å². The highest BCUT2D eigenvalue weighted by Crippen LogP contribution is 2.16. The number of rotatable bonds is 4. The first-order chi connectivity index (χ1) is 8.28. The molecule has 1 N–H and O–H groups in total. The molecule has 0 saturated heterocycles. The van der Waals surface area contributed by atoms with E-state index in [0.717, 1.165) is 10.9 Å². The monoisotopic (exact) mass is 289 g/mol. The van der Waals surface area contributed by atoms with Gasteiger partial charge in [-0.05, 0) is 35.2 Å². The Bertz CT molecular complexity index is 459. The highest BCUT2D eigenvalue weighted by atomic mass is 79.9. The topological polar surface area (TPSA) is 20.2 Å². The molecule has 0 fully saturated rings. The van der Waals surface area contributed by atoms with Crippen molar-refractivity contribution in [2.45, 2.75) is 6.42 Å². The van der Waals surface area contributed by atoms with Gasteiger partial charge in [0.2, 0.25) is 0 Å². The van der Waals surface area contributed by atoms with Gasteiger partial charge in [-0.3, -0.25) is 0 Å². The van der Waals surface area contributed by atoms with Gasteiger partial charge in [0.1, 0.15) is 0 Å². The van der Waals surface area contributed by atoms with Gasteiger partial charge < -0.3 is 5.11 Å². The van der Waals surface area contributed by atoms with Gasteiger partial charge in [-0.15, -0.1) is 0 Å². The van der Waals surface area contributed by atoms with Crippen LogP contribution in [0.1, 0.15) is 16.7 Å². The summed E-state index contributed by atoms with van der Waals surface area (Å²) < 4.78 is 1.09. The second kappa shape index (κ2) is 5.99. The molecule has 2 aromatic carbocycles. The average molecular weight is 290 g/mol. The fourth-order valence-corrected chi connectivity index (χ4v) is 1.93. The number of hydrogen-bond acceptors (Lipinski definition) is 1. The molecule has 2 heteroatoms. The zero-order valence-electron chi connectivity index (χ0n) is 9.44. The molecule has 2 aromatic rings.